The molecule has 0 radical (unpaired) electrons. The Morgan fingerprint density at radius 2 is 2.15 bits per heavy atom. The SMILES string of the molecule is CC1Nc2ccccc2C1C(=O)O. The van der Waals surface area contributed by atoms with Gasteiger partial charge in [0.1, 0.15) is 5.92 Å². The molecule has 2 rings (SSSR count). The summed E-state index contributed by atoms with van der Waals surface area (Å²) in [5, 5.41) is 12.1. The van der Waals surface area contributed by atoms with Crippen LogP contribution in [0.5, 0.6) is 0 Å². The molecular weight excluding hydrogens is 166 g/mol. The van der Waals surface area contributed by atoms with E-state index in [0.29, 0.717) is 0 Å². The first-order chi connectivity index (χ1) is 6.20. The highest BCUT2D eigenvalue weighted by molar-refractivity contribution is 5.83. The molecule has 1 aliphatic heterocycles. The van der Waals surface area contributed by atoms with Gasteiger partial charge in [0, 0.05) is 11.7 Å². The molecule has 1 aromatic rings. The van der Waals surface area contributed by atoms with E-state index < -0.39 is 11.9 Å². The van der Waals surface area contributed by atoms with E-state index in [0.717, 1.165) is 11.3 Å². The van der Waals surface area contributed by atoms with E-state index in [1.165, 1.54) is 0 Å². The molecule has 0 bridgehead atoms. The van der Waals surface area contributed by atoms with E-state index in [9.17, 15) is 4.79 Å². The van der Waals surface area contributed by atoms with Gasteiger partial charge in [-0.25, -0.2) is 0 Å². The Morgan fingerprint density at radius 1 is 1.46 bits per heavy atom. The number of carboxylic acids is 1. The Bertz CT molecular complexity index is 349. The number of nitrogens with one attached hydrogen (secondary N) is 1. The lowest BCUT2D eigenvalue weighted by atomic mass is 9.96. The third-order valence-corrected chi connectivity index (χ3v) is 2.45. The van der Waals surface area contributed by atoms with Crippen molar-refractivity contribution in [3.05, 3.63) is 29.8 Å². The number of para-hydroxylation sites is 1. The monoisotopic (exact) mass is 177 g/mol. The van der Waals surface area contributed by atoms with Gasteiger partial charge in [-0.1, -0.05) is 18.2 Å². The highest BCUT2D eigenvalue weighted by Crippen LogP contribution is 2.35. The summed E-state index contributed by atoms with van der Waals surface area (Å²) in [7, 11) is 0. The number of hydrogen-bond acceptors (Lipinski definition) is 2. The first-order valence-corrected chi connectivity index (χ1v) is 4.28. The summed E-state index contributed by atoms with van der Waals surface area (Å²) in [6, 6.07) is 7.53. The third kappa shape index (κ3) is 1.16. The molecule has 2 atom stereocenters. The van der Waals surface area contributed by atoms with Crippen LogP contribution < -0.4 is 5.32 Å². The van der Waals surface area contributed by atoms with E-state index >= 15 is 0 Å². The molecule has 0 aliphatic carbocycles. The van der Waals surface area contributed by atoms with Gasteiger partial charge in [0.25, 0.3) is 0 Å². The van der Waals surface area contributed by atoms with Crippen LogP contribution in [0.2, 0.25) is 0 Å². The van der Waals surface area contributed by atoms with Crippen LogP contribution in [0.1, 0.15) is 18.4 Å². The lowest BCUT2D eigenvalue weighted by Gasteiger charge is -2.09. The van der Waals surface area contributed by atoms with Gasteiger partial charge >= 0.3 is 5.97 Å². The summed E-state index contributed by atoms with van der Waals surface area (Å²) < 4.78 is 0. The third-order valence-electron chi connectivity index (χ3n) is 2.45. The fraction of sp³-hybridized carbons (Fsp3) is 0.300. The zero-order valence-electron chi connectivity index (χ0n) is 7.32. The Balaban J connectivity index is 2.46. The van der Waals surface area contributed by atoms with Crippen molar-refractivity contribution >= 4 is 11.7 Å². The second-order valence-corrected chi connectivity index (χ2v) is 3.34. The normalized spacial score (nSPS) is 25.0. The molecule has 1 aliphatic rings. The van der Waals surface area contributed by atoms with Crippen molar-refractivity contribution in [3.63, 3.8) is 0 Å². The molecule has 0 spiro atoms. The van der Waals surface area contributed by atoms with Crippen molar-refractivity contribution in [3.8, 4) is 0 Å². The van der Waals surface area contributed by atoms with Gasteiger partial charge in [-0.05, 0) is 18.6 Å². The van der Waals surface area contributed by atoms with Gasteiger partial charge in [0.15, 0.2) is 0 Å². The number of aliphatic carboxylic acids is 1. The van der Waals surface area contributed by atoms with E-state index in [-0.39, 0.29) is 6.04 Å². The highest BCUT2D eigenvalue weighted by atomic mass is 16.4. The maximum absolute atomic E-state index is 10.9. The van der Waals surface area contributed by atoms with Crippen molar-refractivity contribution in [2.45, 2.75) is 18.9 Å². The summed E-state index contributed by atoms with van der Waals surface area (Å²) in [5.74, 6) is -1.17. The standard InChI is InChI=1S/C10H11NO2/c1-6-9(10(12)13)7-4-2-3-5-8(7)11-6/h2-6,9,11H,1H3,(H,12,13). The summed E-state index contributed by atoms with van der Waals surface area (Å²) >= 11 is 0. The van der Waals surface area contributed by atoms with Gasteiger partial charge < -0.3 is 10.4 Å². The zero-order chi connectivity index (χ0) is 9.42. The second kappa shape index (κ2) is 2.76. The Morgan fingerprint density at radius 3 is 2.85 bits per heavy atom. The minimum atomic E-state index is -0.759. The average Bonchev–Trinajstić information content (AvgIpc) is 2.39. The summed E-state index contributed by atoms with van der Waals surface area (Å²) in [5.41, 5.74) is 1.84. The van der Waals surface area contributed by atoms with Gasteiger partial charge in [-0.2, -0.15) is 0 Å². The number of hydrogen-bond donors (Lipinski definition) is 2. The predicted octanol–water partition coefficient (Wildman–Crippen LogP) is 1.67. The van der Waals surface area contributed by atoms with E-state index in [2.05, 4.69) is 5.32 Å². The van der Waals surface area contributed by atoms with Crippen LogP contribution in [-0.2, 0) is 4.79 Å². The molecule has 0 saturated carbocycles. The maximum Gasteiger partial charge on any atom is 0.313 e. The van der Waals surface area contributed by atoms with Crippen LogP contribution in [0.15, 0.2) is 24.3 Å². The first-order valence-electron chi connectivity index (χ1n) is 4.28. The minimum Gasteiger partial charge on any atom is -0.481 e. The number of fused-ring (bicyclic) bond motifs is 1. The molecule has 1 heterocycles. The van der Waals surface area contributed by atoms with Crippen LogP contribution in [0, 0.1) is 0 Å². The van der Waals surface area contributed by atoms with Crippen LogP contribution in [0.3, 0.4) is 0 Å². The van der Waals surface area contributed by atoms with Crippen LogP contribution in [-0.4, -0.2) is 17.1 Å². The molecule has 3 nitrogen and oxygen atoms in total. The molecule has 68 valence electrons. The second-order valence-electron chi connectivity index (χ2n) is 3.34. The van der Waals surface area contributed by atoms with Crippen molar-refractivity contribution in [1.82, 2.24) is 0 Å². The summed E-state index contributed by atoms with van der Waals surface area (Å²) in [6.07, 6.45) is 0. The molecule has 0 saturated heterocycles. The minimum absolute atomic E-state index is 0.0186. The summed E-state index contributed by atoms with van der Waals surface area (Å²) in [4.78, 5) is 10.9. The number of anilines is 1. The fourth-order valence-electron chi connectivity index (χ4n) is 1.84. The lowest BCUT2D eigenvalue weighted by molar-refractivity contribution is -0.138. The van der Waals surface area contributed by atoms with Crippen molar-refractivity contribution in [2.75, 3.05) is 5.32 Å². The molecule has 0 fully saturated rings. The van der Waals surface area contributed by atoms with E-state index in [1.807, 2.05) is 31.2 Å². The lowest BCUT2D eigenvalue weighted by Crippen LogP contribution is -2.22. The maximum atomic E-state index is 10.9. The van der Waals surface area contributed by atoms with Gasteiger partial charge in [-0.3, -0.25) is 4.79 Å². The molecule has 13 heavy (non-hydrogen) atoms. The smallest absolute Gasteiger partial charge is 0.313 e. The highest BCUT2D eigenvalue weighted by Gasteiger charge is 2.33. The molecule has 3 heteroatoms. The quantitative estimate of drug-likeness (QED) is 0.686. The molecule has 0 amide bonds. The largest absolute Gasteiger partial charge is 0.481 e. The van der Waals surface area contributed by atoms with E-state index in [4.69, 9.17) is 5.11 Å². The first kappa shape index (κ1) is 8.10. The predicted molar refractivity (Wildman–Crippen MR) is 49.9 cm³/mol. The van der Waals surface area contributed by atoms with Crippen LogP contribution >= 0.6 is 0 Å². The number of carbonyl (C=O) groups is 1. The Kier molecular flexibility index (Phi) is 1.72. The topological polar surface area (TPSA) is 49.3 Å². The van der Waals surface area contributed by atoms with Gasteiger partial charge in [0.2, 0.25) is 0 Å². The average molecular weight is 177 g/mol. The molecule has 0 aromatic heterocycles. The number of benzene rings is 1. The van der Waals surface area contributed by atoms with Gasteiger partial charge in [-0.15, -0.1) is 0 Å². The number of carboxylic acid groups (broad SMARTS) is 1. The van der Waals surface area contributed by atoms with Crippen molar-refractivity contribution in [2.24, 2.45) is 0 Å². The Hall–Kier alpha value is -1.51. The van der Waals surface area contributed by atoms with Gasteiger partial charge in [0.05, 0.1) is 0 Å². The van der Waals surface area contributed by atoms with Crippen LogP contribution in [0.25, 0.3) is 0 Å². The fourth-order valence-corrected chi connectivity index (χ4v) is 1.84. The van der Waals surface area contributed by atoms with E-state index in [1.54, 1.807) is 0 Å². The molecule has 1 aromatic carbocycles. The number of rotatable bonds is 1. The Labute approximate surface area is 76.4 Å². The zero-order valence-corrected chi connectivity index (χ0v) is 7.32. The molecular formula is C10H11NO2. The van der Waals surface area contributed by atoms with Crippen molar-refractivity contribution < 1.29 is 9.90 Å². The van der Waals surface area contributed by atoms with Crippen LogP contribution in [0.4, 0.5) is 5.69 Å². The molecule has 2 N–H and O–H groups in total. The summed E-state index contributed by atoms with van der Waals surface area (Å²) in [6.45, 7) is 1.89. The van der Waals surface area contributed by atoms with Crippen molar-refractivity contribution in [1.29, 1.82) is 0 Å². The molecule has 2 unspecified atom stereocenters.